The van der Waals surface area contributed by atoms with Crippen LogP contribution >= 0.6 is 23.2 Å². The van der Waals surface area contributed by atoms with Gasteiger partial charge >= 0.3 is 0 Å². The fraction of sp³-hybridized carbons (Fsp3) is 0.588. The molecule has 1 heterocycles. The van der Waals surface area contributed by atoms with Gasteiger partial charge in [0.25, 0.3) is 0 Å². The number of halogens is 2. The van der Waals surface area contributed by atoms with Gasteiger partial charge in [0.1, 0.15) is 0 Å². The van der Waals surface area contributed by atoms with E-state index < -0.39 is 0 Å². The van der Waals surface area contributed by atoms with E-state index in [0.717, 1.165) is 44.5 Å². The van der Waals surface area contributed by atoms with Gasteiger partial charge in [-0.1, -0.05) is 36.2 Å². The molecule has 0 aliphatic carbocycles. The molecular formula is C17H24Cl2N2O. The maximum absolute atomic E-state index is 12.2. The largest absolute Gasteiger partial charge is 0.353 e. The molecule has 22 heavy (non-hydrogen) atoms. The summed E-state index contributed by atoms with van der Waals surface area (Å²) >= 11 is 12.2. The molecule has 1 aliphatic rings. The Labute approximate surface area is 143 Å². The van der Waals surface area contributed by atoms with Gasteiger partial charge in [-0.15, -0.1) is 0 Å². The van der Waals surface area contributed by atoms with Crippen LogP contribution in [-0.2, 0) is 11.3 Å². The van der Waals surface area contributed by atoms with Crippen LogP contribution in [0.25, 0.3) is 0 Å². The number of hydrogen-bond acceptors (Lipinski definition) is 2. The minimum atomic E-state index is 0.144. The van der Waals surface area contributed by atoms with Crippen LogP contribution in [0.5, 0.6) is 0 Å². The van der Waals surface area contributed by atoms with Crippen LogP contribution in [0.3, 0.4) is 0 Å². The smallest absolute Gasteiger partial charge is 0.223 e. The summed E-state index contributed by atoms with van der Waals surface area (Å²) in [6.45, 7) is 6.81. The number of nitrogens with one attached hydrogen (secondary N) is 1. The monoisotopic (exact) mass is 342 g/mol. The average molecular weight is 343 g/mol. The molecule has 2 rings (SSSR count). The van der Waals surface area contributed by atoms with Gasteiger partial charge in [-0.2, -0.15) is 0 Å². The Bertz CT molecular complexity index is 513. The summed E-state index contributed by atoms with van der Waals surface area (Å²) in [7, 11) is 0. The van der Waals surface area contributed by atoms with Crippen LogP contribution in [-0.4, -0.2) is 29.9 Å². The van der Waals surface area contributed by atoms with Crippen molar-refractivity contribution >= 4 is 29.1 Å². The number of nitrogens with zero attached hydrogens (tertiary/aromatic N) is 1. The zero-order chi connectivity index (χ0) is 16.1. The average Bonchev–Trinajstić information content (AvgIpc) is 2.50. The Morgan fingerprint density at radius 1 is 1.36 bits per heavy atom. The number of piperidine rings is 1. The number of carbonyl (C=O) groups is 1. The van der Waals surface area contributed by atoms with Gasteiger partial charge in [0.15, 0.2) is 0 Å². The SMILES string of the molecule is CCC(C)NC(=O)C1CCN(Cc2ccc(Cl)cc2Cl)CC1. The van der Waals surface area contributed by atoms with E-state index in [1.165, 1.54) is 0 Å². The second-order valence-electron chi connectivity index (χ2n) is 6.10. The van der Waals surface area contributed by atoms with E-state index in [1.54, 1.807) is 6.07 Å². The topological polar surface area (TPSA) is 32.3 Å². The van der Waals surface area contributed by atoms with Crippen molar-refractivity contribution in [2.75, 3.05) is 13.1 Å². The van der Waals surface area contributed by atoms with Crippen molar-refractivity contribution in [3.8, 4) is 0 Å². The number of rotatable bonds is 5. The summed E-state index contributed by atoms with van der Waals surface area (Å²) in [5.41, 5.74) is 1.09. The lowest BCUT2D eigenvalue weighted by Crippen LogP contribution is -2.42. The molecule has 1 N–H and O–H groups in total. The minimum absolute atomic E-state index is 0.144. The van der Waals surface area contributed by atoms with Crippen molar-refractivity contribution in [3.63, 3.8) is 0 Å². The van der Waals surface area contributed by atoms with Gasteiger partial charge in [-0.25, -0.2) is 0 Å². The highest BCUT2D eigenvalue weighted by Crippen LogP contribution is 2.25. The first-order valence-electron chi connectivity index (χ1n) is 7.96. The van der Waals surface area contributed by atoms with E-state index in [0.29, 0.717) is 10.0 Å². The van der Waals surface area contributed by atoms with Crippen molar-refractivity contribution in [2.24, 2.45) is 5.92 Å². The van der Waals surface area contributed by atoms with E-state index in [-0.39, 0.29) is 17.9 Å². The third kappa shape index (κ3) is 4.87. The Hall–Kier alpha value is -0.770. The quantitative estimate of drug-likeness (QED) is 0.872. The Kier molecular flexibility index (Phi) is 6.54. The van der Waals surface area contributed by atoms with Crippen molar-refractivity contribution in [3.05, 3.63) is 33.8 Å². The summed E-state index contributed by atoms with van der Waals surface area (Å²) < 4.78 is 0. The molecule has 3 nitrogen and oxygen atoms in total. The predicted octanol–water partition coefficient (Wildman–Crippen LogP) is 4.12. The fourth-order valence-corrected chi connectivity index (χ4v) is 3.18. The van der Waals surface area contributed by atoms with Crippen molar-refractivity contribution < 1.29 is 4.79 Å². The van der Waals surface area contributed by atoms with Gasteiger partial charge in [0.2, 0.25) is 5.91 Å². The minimum Gasteiger partial charge on any atom is -0.353 e. The Balaban J connectivity index is 1.83. The highest BCUT2D eigenvalue weighted by Gasteiger charge is 2.25. The molecule has 1 aromatic carbocycles. The lowest BCUT2D eigenvalue weighted by molar-refractivity contribution is -0.127. The van der Waals surface area contributed by atoms with Gasteiger partial charge in [-0.3, -0.25) is 9.69 Å². The van der Waals surface area contributed by atoms with Crippen LogP contribution in [0, 0.1) is 5.92 Å². The van der Waals surface area contributed by atoms with Crippen LogP contribution in [0.4, 0.5) is 0 Å². The molecule has 1 aliphatic heterocycles. The highest BCUT2D eigenvalue weighted by molar-refractivity contribution is 6.35. The Morgan fingerprint density at radius 2 is 2.05 bits per heavy atom. The molecule has 1 saturated heterocycles. The summed E-state index contributed by atoms with van der Waals surface area (Å²) in [5.74, 6) is 0.351. The molecule has 122 valence electrons. The second kappa shape index (κ2) is 8.19. The first-order valence-corrected chi connectivity index (χ1v) is 8.71. The fourth-order valence-electron chi connectivity index (χ4n) is 2.71. The van der Waals surface area contributed by atoms with Crippen LogP contribution in [0.15, 0.2) is 18.2 Å². The first kappa shape index (κ1) is 17.6. The number of hydrogen-bond donors (Lipinski definition) is 1. The zero-order valence-electron chi connectivity index (χ0n) is 13.2. The lowest BCUT2D eigenvalue weighted by atomic mass is 9.95. The number of carbonyl (C=O) groups excluding carboxylic acids is 1. The molecular weight excluding hydrogens is 319 g/mol. The lowest BCUT2D eigenvalue weighted by Gasteiger charge is -2.32. The second-order valence-corrected chi connectivity index (χ2v) is 6.95. The Morgan fingerprint density at radius 3 is 2.64 bits per heavy atom. The van der Waals surface area contributed by atoms with E-state index >= 15 is 0 Å². The summed E-state index contributed by atoms with van der Waals surface area (Å²) in [4.78, 5) is 14.5. The van der Waals surface area contributed by atoms with Crippen molar-refractivity contribution in [1.29, 1.82) is 0 Å². The van der Waals surface area contributed by atoms with E-state index in [4.69, 9.17) is 23.2 Å². The summed E-state index contributed by atoms with van der Waals surface area (Å²) in [6.07, 6.45) is 2.79. The number of likely N-dealkylation sites (tertiary alicyclic amines) is 1. The number of amides is 1. The predicted molar refractivity (Wildman–Crippen MR) is 92.4 cm³/mol. The van der Waals surface area contributed by atoms with E-state index in [1.807, 2.05) is 12.1 Å². The molecule has 1 atom stereocenters. The standard InChI is InChI=1S/C17H24Cl2N2O/c1-3-12(2)20-17(22)13-6-8-21(9-7-13)11-14-4-5-15(18)10-16(14)19/h4-5,10,12-13H,3,6-9,11H2,1-2H3,(H,20,22). The van der Waals surface area contributed by atoms with Gasteiger partial charge in [-0.05, 0) is 57.0 Å². The van der Waals surface area contributed by atoms with Gasteiger partial charge in [0.05, 0.1) is 0 Å². The van der Waals surface area contributed by atoms with Crippen LogP contribution in [0.2, 0.25) is 10.0 Å². The highest BCUT2D eigenvalue weighted by atomic mass is 35.5. The third-order valence-corrected chi connectivity index (χ3v) is 4.96. The summed E-state index contributed by atoms with van der Waals surface area (Å²) in [5, 5.41) is 4.46. The van der Waals surface area contributed by atoms with Crippen molar-refractivity contribution in [1.82, 2.24) is 10.2 Å². The molecule has 1 fully saturated rings. The van der Waals surface area contributed by atoms with Gasteiger partial charge < -0.3 is 5.32 Å². The normalized spacial score (nSPS) is 18.2. The maximum Gasteiger partial charge on any atom is 0.223 e. The molecule has 1 unspecified atom stereocenters. The third-order valence-electron chi connectivity index (χ3n) is 4.37. The molecule has 0 aromatic heterocycles. The molecule has 0 radical (unpaired) electrons. The van der Waals surface area contributed by atoms with E-state index in [9.17, 15) is 4.79 Å². The maximum atomic E-state index is 12.2. The molecule has 1 amide bonds. The van der Waals surface area contributed by atoms with Crippen LogP contribution < -0.4 is 5.32 Å². The zero-order valence-corrected chi connectivity index (χ0v) is 14.8. The molecule has 0 saturated carbocycles. The van der Waals surface area contributed by atoms with E-state index in [2.05, 4.69) is 24.1 Å². The van der Waals surface area contributed by atoms with Crippen molar-refractivity contribution in [2.45, 2.75) is 45.7 Å². The first-order chi connectivity index (χ1) is 10.5. The number of benzene rings is 1. The summed E-state index contributed by atoms with van der Waals surface area (Å²) in [6, 6.07) is 5.89. The molecule has 5 heteroatoms. The molecule has 0 bridgehead atoms. The molecule has 0 spiro atoms. The molecule has 1 aromatic rings. The van der Waals surface area contributed by atoms with Crippen LogP contribution in [0.1, 0.15) is 38.7 Å². The van der Waals surface area contributed by atoms with Gasteiger partial charge in [0, 0.05) is 28.5 Å².